The number of benzene rings is 2. The van der Waals surface area contributed by atoms with Crippen LogP contribution in [0, 0.1) is 13.8 Å². The minimum Gasteiger partial charge on any atom is -0.455 e. The van der Waals surface area contributed by atoms with Gasteiger partial charge in [0.2, 0.25) is 0 Å². The first-order valence-corrected chi connectivity index (χ1v) is 10.2. The van der Waals surface area contributed by atoms with Gasteiger partial charge in [-0.15, -0.1) is 0 Å². The SMILES string of the molecule is Cc1c(-c2ccccc2)nc2ccccc2c1C(=O)OCc1cn2cccc(C)c2n1. The minimum absolute atomic E-state index is 0.108. The van der Waals surface area contributed by atoms with Crippen LogP contribution in [0.1, 0.15) is 27.2 Å². The van der Waals surface area contributed by atoms with Gasteiger partial charge in [0.15, 0.2) is 0 Å². The van der Waals surface area contributed by atoms with Crippen molar-refractivity contribution < 1.29 is 9.53 Å². The molecule has 5 aromatic rings. The van der Waals surface area contributed by atoms with Crippen LogP contribution in [-0.4, -0.2) is 20.3 Å². The van der Waals surface area contributed by atoms with Crippen molar-refractivity contribution in [3.05, 3.63) is 102 Å². The van der Waals surface area contributed by atoms with Crippen molar-refractivity contribution in [3.63, 3.8) is 0 Å². The molecule has 0 unspecified atom stereocenters. The van der Waals surface area contributed by atoms with Crippen molar-refractivity contribution in [2.24, 2.45) is 0 Å². The van der Waals surface area contributed by atoms with E-state index < -0.39 is 0 Å². The number of ether oxygens (including phenoxy) is 1. The average Bonchev–Trinajstić information content (AvgIpc) is 3.22. The number of esters is 1. The van der Waals surface area contributed by atoms with E-state index in [4.69, 9.17) is 9.72 Å². The standard InChI is InChI=1S/C26H21N3O2/c1-17-9-8-14-29-15-20(27-25(17)29)16-31-26(30)23-18(2)24(19-10-4-3-5-11-19)28-22-13-7-6-12-21(22)23/h3-15H,16H2,1-2H3. The zero-order valence-corrected chi connectivity index (χ0v) is 17.4. The maximum atomic E-state index is 13.2. The molecule has 5 nitrogen and oxygen atoms in total. The molecule has 31 heavy (non-hydrogen) atoms. The monoisotopic (exact) mass is 407 g/mol. The molecule has 0 spiro atoms. The molecule has 5 heteroatoms. The summed E-state index contributed by atoms with van der Waals surface area (Å²) in [6, 6.07) is 21.5. The lowest BCUT2D eigenvalue weighted by Gasteiger charge is -2.14. The molecule has 2 aromatic carbocycles. The summed E-state index contributed by atoms with van der Waals surface area (Å²) in [4.78, 5) is 22.7. The summed E-state index contributed by atoms with van der Waals surface area (Å²) in [6.45, 7) is 4.04. The van der Waals surface area contributed by atoms with Gasteiger partial charge in [0.1, 0.15) is 12.3 Å². The number of imidazole rings is 1. The second-order valence-electron chi connectivity index (χ2n) is 7.57. The smallest absolute Gasteiger partial charge is 0.339 e. The largest absolute Gasteiger partial charge is 0.455 e. The number of carbonyl (C=O) groups excluding carboxylic acids is 1. The van der Waals surface area contributed by atoms with E-state index in [9.17, 15) is 4.79 Å². The minimum atomic E-state index is -0.373. The maximum absolute atomic E-state index is 13.2. The number of nitrogens with zero attached hydrogens (tertiary/aromatic N) is 3. The van der Waals surface area contributed by atoms with Crippen LogP contribution in [0.2, 0.25) is 0 Å². The molecule has 0 aliphatic heterocycles. The van der Waals surface area contributed by atoms with Crippen LogP contribution in [-0.2, 0) is 11.3 Å². The van der Waals surface area contributed by atoms with Gasteiger partial charge in [0.05, 0.1) is 22.5 Å². The predicted octanol–water partition coefficient (Wildman–Crippen LogP) is 5.52. The highest BCUT2D eigenvalue weighted by Crippen LogP contribution is 2.30. The van der Waals surface area contributed by atoms with Gasteiger partial charge in [-0.25, -0.2) is 14.8 Å². The fourth-order valence-electron chi connectivity index (χ4n) is 3.93. The zero-order chi connectivity index (χ0) is 21.4. The predicted molar refractivity (Wildman–Crippen MR) is 121 cm³/mol. The summed E-state index contributed by atoms with van der Waals surface area (Å²) in [5.41, 5.74) is 6.52. The van der Waals surface area contributed by atoms with Gasteiger partial charge in [-0.2, -0.15) is 0 Å². The summed E-state index contributed by atoms with van der Waals surface area (Å²) in [7, 11) is 0. The van der Waals surface area contributed by atoms with Crippen LogP contribution >= 0.6 is 0 Å². The van der Waals surface area contributed by atoms with E-state index in [1.165, 1.54) is 0 Å². The molecule has 0 saturated heterocycles. The first kappa shape index (κ1) is 19.0. The van der Waals surface area contributed by atoms with Crippen LogP contribution in [0.4, 0.5) is 0 Å². The Labute approximate surface area is 180 Å². The van der Waals surface area contributed by atoms with E-state index in [-0.39, 0.29) is 12.6 Å². The van der Waals surface area contributed by atoms with Crippen LogP contribution in [0.3, 0.4) is 0 Å². The second kappa shape index (κ2) is 7.69. The Kier molecular flexibility index (Phi) is 4.71. The molecule has 0 radical (unpaired) electrons. The lowest BCUT2D eigenvalue weighted by Crippen LogP contribution is -2.10. The fourth-order valence-corrected chi connectivity index (χ4v) is 3.93. The Morgan fingerprint density at radius 1 is 0.935 bits per heavy atom. The van der Waals surface area contributed by atoms with Crippen LogP contribution in [0.5, 0.6) is 0 Å². The first-order valence-electron chi connectivity index (χ1n) is 10.2. The van der Waals surface area contributed by atoms with Gasteiger partial charge >= 0.3 is 5.97 Å². The molecule has 0 aliphatic carbocycles. The highest BCUT2D eigenvalue weighted by Gasteiger charge is 2.20. The molecule has 0 N–H and O–H groups in total. The Morgan fingerprint density at radius 3 is 2.52 bits per heavy atom. The van der Waals surface area contributed by atoms with E-state index in [1.54, 1.807) is 0 Å². The quantitative estimate of drug-likeness (QED) is 0.368. The third-order valence-corrected chi connectivity index (χ3v) is 5.47. The van der Waals surface area contributed by atoms with Gasteiger partial charge in [-0.1, -0.05) is 54.6 Å². The van der Waals surface area contributed by atoms with Crippen molar-refractivity contribution in [1.82, 2.24) is 14.4 Å². The van der Waals surface area contributed by atoms with Gasteiger partial charge in [-0.05, 0) is 37.1 Å². The highest BCUT2D eigenvalue weighted by molar-refractivity contribution is 6.06. The van der Waals surface area contributed by atoms with Crippen LogP contribution < -0.4 is 0 Å². The molecule has 0 saturated carbocycles. The van der Waals surface area contributed by atoms with E-state index in [0.29, 0.717) is 11.3 Å². The topological polar surface area (TPSA) is 56.5 Å². The number of hydrogen-bond acceptors (Lipinski definition) is 4. The van der Waals surface area contributed by atoms with Crippen molar-refractivity contribution in [2.75, 3.05) is 0 Å². The molecule has 0 atom stereocenters. The molecule has 0 fully saturated rings. The Bertz CT molecular complexity index is 1420. The molecule has 0 amide bonds. The summed E-state index contributed by atoms with van der Waals surface area (Å²) < 4.78 is 7.66. The Balaban J connectivity index is 1.53. The third kappa shape index (κ3) is 3.44. The summed E-state index contributed by atoms with van der Waals surface area (Å²) >= 11 is 0. The Hall–Kier alpha value is -3.99. The summed E-state index contributed by atoms with van der Waals surface area (Å²) in [6.07, 6.45) is 3.83. The normalized spacial score (nSPS) is 11.2. The molecular formula is C26H21N3O2. The fraction of sp³-hybridized carbons (Fsp3) is 0.115. The molecule has 152 valence electrons. The highest BCUT2D eigenvalue weighted by atomic mass is 16.5. The molecule has 0 bridgehead atoms. The number of rotatable bonds is 4. The van der Waals surface area contributed by atoms with Gasteiger partial charge < -0.3 is 9.14 Å². The zero-order valence-electron chi connectivity index (χ0n) is 17.4. The number of carbonyl (C=O) groups is 1. The lowest BCUT2D eigenvalue weighted by molar-refractivity contribution is 0.0470. The second-order valence-corrected chi connectivity index (χ2v) is 7.57. The van der Waals surface area contributed by atoms with Crippen molar-refractivity contribution in [1.29, 1.82) is 0 Å². The van der Waals surface area contributed by atoms with Gasteiger partial charge in [0, 0.05) is 23.3 Å². The van der Waals surface area contributed by atoms with Crippen LogP contribution in [0.15, 0.2) is 79.1 Å². The summed E-state index contributed by atoms with van der Waals surface area (Å²) in [5.74, 6) is -0.373. The molecule has 3 aromatic heterocycles. The van der Waals surface area contributed by atoms with Gasteiger partial charge in [-0.3, -0.25) is 0 Å². The van der Waals surface area contributed by atoms with E-state index in [1.807, 2.05) is 97.4 Å². The molecule has 3 heterocycles. The molecular weight excluding hydrogens is 386 g/mol. The number of aryl methyl sites for hydroxylation is 1. The third-order valence-electron chi connectivity index (χ3n) is 5.47. The molecule has 0 aliphatic rings. The van der Waals surface area contributed by atoms with Crippen molar-refractivity contribution in [2.45, 2.75) is 20.5 Å². The molecule has 5 rings (SSSR count). The maximum Gasteiger partial charge on any atom is 0.339 e. The van der Waals surface area contributed by atoms with Crippen LogP contribution in [0.25, 0.3) is 27.8 Å². The summed E-state index contributed by atoms with van der Waals surface area (Å²) in [5, 5.41) is 0.788. The van der Waals surface area contributed by atoms with Crippen molar-refractivity contribution in [3.8, 4) is 11.3 Å². The van der Waals surface area contributed by atoms with E-state index >= 15 is 0 Å². The number of para-hydroxylation sites is 1. The number of fused-ring (bicyclic) bond motifs is 2. The lowest BCUT2D eigenvalue weighted by atomic mass is 9.98. The number of hydrogen-bond donors (Lipinski definition) is 0. The Morgan fingerprint density at radius 2 is 1.71 bits per heavy atom. The number of pyridine rings is 2. The van der Waals surface area contributed by atoms with Gasteiger partial charge in [0.25, 0.3) is 0 Å². The van der Waals surface area contributed by atoms with Crippen molar-refractivity contribution >= 4 is 22.5 Å². The first-order chi connectivity index (χ1) is 15.1. The average molecular weight is 407 g/mol. The van der Waals surface area contributed by atoms with E-state index in [2.05, 4.69) is 4.98 Å². The number of aromatic nitrogens is 3. The van der Waals surface area contributed by atoms with E-state index in [0.717, 1.165) is 38.9 Å².